The van der Waals surface area contributed by atoms with Crippen molar-refractivity contribution in [2.75, 3.05) is 46.5 Å². The lowest BCUT2D eigenvalue weighted by molar-refractivity contribution is -0.135. The maximum absolute atomic E-state index is 12.8. The van der Waals surface area contributed by atoms with E-state index < -0.39 is 0 Å². The van der Waals surface area contributed by atoms with E-state index in [1.54, 1.807) is 11.8 Å². The highest BCUT2D eigenvalue weighted by Crippen LogP contribution is 2.27. The molecule has 1 aliphatic heterocycles. The average Bonchev–Trinajstić information content (AvgIpc) is 2.81. The van der Waals surface area contributed by atoms with Gasteiger partial charge in [0.15, 0.2) is 0 Å². The molecule has 1 fully saturated rings. The number of hydrogen-bond acceptors (Lipinski definition) is 4. The second kappa shape index (κ2) is 12.1. The minimum absolute atomic E-state index is 0.140. The Balaban J connectivity index is 1.60. The largest absolute Gasteiger partial charge is 0.342 e. The molecule has 0 spiro atoms. The third-order valence-electron chi connectivity index (χ3n) is 6.17. The number of carbonyl (C=O) groups is 2. The van der Waals surface area contributed by atoms with Crippen LogP contribution < -0.4 is 0 Å². The summed E-state index contributed by atoms with van der Waals surface area (Å²) in [5.41, 5.74) is 1.25. The van der Waals surface area contributed by atoms with Crippen LogP contribution in [-0.4, -0.2) is 79.1 Å². The highest BCUT2D eigenvalue weighted by atomic mass is 32.2. The summed E-state index contributed by atoms with van der Waals surface area (Å²) in [5.74, 6) is 1.21. The number of thioether (sulfide) groups is 1. The number of benzene rings is 2. The zero-order valence-electron chi connectivity index (χ0n) is 19.4. The maximum Gasteiger partial charge on any atom is 0.236 e. The van der Waals surface area contributed by atoms with Crippen LogP contribution in [0.4, 0.5) is 0 Å². The van der Waals surface area contributed by atoms with Crippen molar-refractivity contribution in [3.05, 3.63) is 66.2 Å². The first-order valence-corrected chi connectivity index (χ1v) is 12.3. The minimum Gasteiger partial charge on any atom is -0.342 e. The normalized spacial score (nSPS) is 15.6. The van der Waals surface area contributed by atoms with Crippen molar-refractivity contribution in [1.29, 1.82) is 0 Å². The van der Waals surface area contributed by atoms with Gasteiger partial charge in [0.1, 0.15) is 0 Å². The number of carbonyl (C=O) groups excluding carboxylic acids is 2. The van der Waals surface area contributed by atoms with E-state index in [0.29, 0.717) is 18.2 Å². The van der Waals surface area contributed by atoms with Crippen molar-refractivity contribution in [2.24, 2.45) is 5.92 Å². The van der Waals surface area contributed by atoms with Gasteiger partial charge in [0.25, 0.3) is 0 Å². The molecule has 1 saturated heterocycles. The van der Waals surface area contributed by atoms with Crippen LogP contribution in [-0.2, 0) is 16.0 Å². The van der Waals surface area contributed by atoms with Gasteiger partial charge in [0.2, 0.25) is 11.8 Å². The molecule has 1 atom stereocenters. The van der Waals surface area contributed by atoms with Gasteiger partial charge in [-0.2, -0.15) is 0 Å². The molecule has 0 radical (unpaired) electrons. The Labute approximate surface area is 196 Å². The van der Waals surface area contributed by atoms with Crippen LogP contribution >= 0.6 is 11.8 Å². The van der Waals surface area contributed by atoms with Crippen LogP contribution in [0.3, 0.4) is 0 Å². The number of amides is 2. The number of likely N-dealkylation sites (N-methyl/N-ethyl adjacent to an activating group) is 2. The maximum atomic E-state index is 12.8. The molecule has 172 valence electrons. The number of hydrogen-bond donors (Lipinski definition) is 0. The van der Waals surface area contributed by atoms with Crippen molar-refractivity contribution in [1.82, 2.24) is 14.7 Å². The zero-order chi connectivity index (χ0) is 22.9. The quantitative estimate of drug-likeness (QED) is 0.544. The fourth-order valence-electron chi connectivity index (χ4n) is 4.33. The Morgan fingerprint density at radius 3 is 2.16 bits per heavy atom. The molecule has 2 aromatic rings. The minimum atomic E-state index is 0.140. The number of rotatable bonds is 9. The van der Waals surface area contributed by atoms with E-state index in [0.717, 1.165) is 37.2 Å². The molecule has 0 aliphatic carbocycles. The highest BCUT2D eigenvalue weighted by Gasteiger charge is 2.32. The first kappa shape index (κ1) is 24.3. The summed E-state index contributed by atoms with van der Waals surface area (Å²) in [7, 11) is 5.79. The van der Waals surface area contributed by atoms with E-state index in [1.165, 1.54) is 5.56 Å². The summed E-state index contributed by atoms with van der Waals surface area (Å²) in [6, 6.07) is 20.6. The SMILES string of the molecule is CN(C)CC(=O)N(C)[C@H](Cc1ccccc1)C1CCN(C(=O)CSc2ccccc2)CC1. The lowest BCUT2D eigenvalue weighted by atomic mass is 9.85. The Kier molecular flexibility index (Phi) is 9.18. The van der Waals surface area contributed by atoms with Gasteiger partial charge in [-0.05, 0) is 57.0 Å². The lowest BCUT2D eigenvalue weighted by Gasteiger charge is -2.40. The van der Waals surface area contributed by atoms with Gasteiger partial charge >= 0.3 is 0 Å². The zero-order valence-corrected chi connectivity index (χ0v) is 20.3. The predicted molar refractivity (Wildman–Crippen MR) is 132 cm³/mol. The average molecular weight is 454 g/mol. The Hall–Kier alpha value is -2.31. The highest BCUT2D eigenvalue weighted by molar-refractivity contribution is 8.00. The summed E-state index contributed by atoms with van der Waals surface area (Å²) < 4.78 is 0. The van der Waals surface area contributed by atoms with Crippen LogP contribution in [0.1, 0.15) is 18.4 Å². The van der Waals surface area contributed by atoms with E-state index in [2.05, 4.69) is 24.3 Å². The topological polar surface area (TPSA) is 43.9 Å². The second-order valence-corrected chi connectivity index (χ2v) is 9.87. The van der Waals surface area contributed by atoms with Crippen molar-refractivity contribution in [2.45, 2.75) is 30.2 Å². The van der Waals surface area contributed by atoms with Gasteiger partial charge < -0.3 is 14.7 Å². The molecule has 5 nitrogen and oxygen atoms in total. The van der Waals surface area contributed by atoms with Crippen LogP contribution in [0.15, 0.2) is 65.6 Å². The third kappa shape index (κ3) is 7.10. The van der Waals surface area contributed by atoms with E-state index in [1.807, 2.05) is 72.2 Å². The van der Waals surface area contributed by atoms with Crippen molar-refractivity contribution < 1.29 is 9.59 Å². The molecule has 0 aromatic heterocycles. The van der Waals surface area contributed by atoms with E-state index in [9.17, 15) is 9.59 Å². The predicted octanol–water partition coefficient (Wildman–Crippen LogP) is 3.65. The fraction of sp³-hybridized carbons (Fsp3) is 0.462. The summed E-state index contributed by atoms with van der Waals surface area (Å²) in [5, 5.41) is 0. The first-order chi connectivity index (χ1) is 15.4. The van der Waals surface area contributed by atoms with Crippen LogP contribution in [0.5, 0.6) is 0 Å². The van der Waals surface area contributed by atoms with Crippen molar-refractivity contribution in [3.8, 4) is 0 Å². The van der Waals surface area contributed by atoms with Crippen LogP contribution in [0.2, 0.25) is 0 Å². The van der Waals surface area contributed by atoms with Gasteiger partial charge in [0, 0.05) is 31.1 Å². The summed E-state index contributed by atoms with van der Waals surface area (Å²) in [4.78, 5) is 32.6. The van der Waals surface area contributed by atoms with E-state index in [-0.39, 0.29) is 17.9 Å². The summed E-state index contributed by atoms with van der Waals surface area (Å²) in [6.45, 7) is 1.94. The number of likely N-dealkylation sites (tertiary alicyclic amines) is 1. The monoisotopic (exact) mass is 453 g/mol. The van der Waals surface area contributed by atoms with Gasteiger partial charge in [-0.25, -0.2) is 0 Å². The lowest BCUT2D eigenvalue weighted by Crippen LogP contribution is -2.50. The first-order valence-electron chi connectivity index (χ1n) is 11.3. The molecule has 0 N–H and O–H groups in total. The van der Waals surface area contributed by atoms with Crippen LogP contribution in [0, 0.1) is 5.92 Å². The van der Waals surface area contributed by atoms with Gasteiger partial charge in [-0.1, -0.05) is 48.5 Å². The molecular formula is C26H35N3O2S. The Morgan fingerprint density at radius 1 is 0.969 bits per heavy atom. The van der Waals surface area contributed by atoms with Gasteiger partial charge in [0.05, 0.1) is 12.3 Å². The van der Waals surface area contributed by atoms with Crippen molar-refractivity contribution in [3.63, 3.8) is 0 Å². The van der Waals surface area contributed by atoms with Crippen molar-refractivity contribution >= 4 is 23.6 Å². The van der Waals surface area contributed by atoms with E-state index >= 15 is 0 Å². The Bertz CT molecular complexity index is 852. The molecule has 3 rings (SSSR count). The molecule has 6 heteroatoms. The molecule has 32 heavy (non-hydrogen) atoms. The molecule has 0 bridgehead atoms. The molecule has 0 saturated carbocycles. The molecule has 2 amide bonds. The molecular weight excluding hydrogens is 418 g/mol. The molecule has 1 aliphatic rings. The molecule has 1 heterocycles. The van der Waals surface area contributed by atoms with Gasteiger partial charge in [-0.3, -0.25) is 9.59 Å². The number of nitrogens with zero attached hydrogens (tertiary/aromatic N) is 3. The molecule has 0 unspecified atom stereocenters. The summed E-state index contributed by atoms with van der Waals surface area (Å²) in [6.07, 6.45) is 2.70. The van der Waals surface area contributed by atoms with Crippen LogP contribution in [0.25, 0.3) is 0 Å². The smallest absolute Gasteiger partial charge is 0.236 e. The number of piperidine rings is 1. The fourth-order valence-corrected chi connectivity index (χ4v) is 5.15. The second-order valence-electron chi connectivity index (χ2n) is 8.82. The Morgan fingerprint density at radius 2 is 1.56 bits per heavy atom. The standard InChI is InChI=1S/C26H35N3O2S/c1-27(2)19-25(30)28(3)24(18-21-10-6-4-7-11-21)22-14-16-29(17-15-22)26(31)20-32-23-12-8-5-9-13-23/h4-13,22,24H,14-20H2,1-3H3/t24-/m1/s1. The molecule has 2 aromatic carbocycles. The van der Waals surface area contributed by atoms with Gasteiger partial charge in [-0.15, -0.1) is 11.8 Å². The van der Waals surface area contributed by atoms with E-state index in [4.69, 9.17) is 0 Å². The third-order valence-corrected chi connectivity index (χ3v) is 7.17. The summed E-state index contributed by atoms with van der Waals surface area (Å²) >= 11 is 1.60.